The summed E-state index contributed by atoms with van der Waals surface area (Å²) in [5.41, 5.74) is 12.8. The standard InChI is InChI=1S/C39H34N6/c1-3-11-33-29(9-1)30-10-2-4-12-34(30)39(33)35-25-27(44-21-7-5-19-42-23-17-40-37(42)44)13-15-31(35)32-16-14-28(26-36(32)39)45-22-8-6-20-43-24-18-41-38(43)45/h1-4,9-18,23-26H,5-8,19-22H2. The molecular formula is C39H34N6. The number of fused-ring (bicyclic) bond motifs is 12. The molecule has 0 fully saturated rings. The predicted molar refractivity (Wildman–Crippen MR) is 180 cm³/mol. The first kappa shape index (κ1) is 25.2. The number of rotatable bonds is 2. The van der Waals surface area contributed by atoms with Crippen LogP contribution in [0.4, 0.5) is 23.3 Å². The van der Waals surface area contributed by atoms with Crippen LogP contribution in [0.5, 0.6) is 0 Å². The number of benzene rings is 4. The molecule has 0 bridgehead atoms. The first-order chi connectivity index (χ1) is 22.3. The predicted octanol–water partition coefficient (Wildman–Crippen LogP) is 8.29. The molecule has 6 nitrogen and oxygen atoms in total. The highest BCUT2D eigenvalue weighted by atomic mass is 15.3. The maximum absolute atomic E-state index is 4.83. The Morgan fingerprint density at radius 3 is 1.42 bits per heavy atom. The number of hydrogen-bond donors (Lipinski definition) is 0. The van der Waals surface area contributed by atoms with Crippen molar-refractivity contribution in [2.24, 2.45) is 0 Å². The molecule has 0 atom stereocenters. The molecule has 0 N–H and O–H groups in total. The van der Waals surface area contributed by atoms with Crippen LogP contribution in [-0.4, -0.2) is 32.2 Å². The van der Waals surface area contributed by atoms with Crippen molar-refractivity contribution < 1.29 is 0 Å². The molecule has 0 amide bonds. The van der Waals surface area contributed by atoms with Gasteiger partial charge in [-0.1, -0.05) is 60.7 Å². The van der Waals surface area contributed by atoms with Crippen LogP contribution in [0, 0.1) is 0 Å². The van der Waals surface area contributed by atoms with Gasteiger partial charge in [0.05, 0.1) is 5.41 Å². The monoisotopic (exact) mass is 586 g/mol. The van der Waals surface area contributed by atoms with Crippen molar-refractivity contribution in [2.45, 2.75) is 44.2 Å². The number of hydrogen-bond acceptors (Lipinski definition) is 4. The minimum absolute atomic E-state index is 0.410. The van der Waals surface area contributed by atoms with E-state index in [1.54, 1.807) is 0 Å². The van der Waals surface area contributed by atoms with Crippen LogP contribution in [0.15, 0.2) is 110 Å². The Kier molecular flexibility index (Phi) is 5.30. The lowest BCUT2D eigenvalue weighted by molar-refractivity contribution is 0.655. The average molecular weight is 587 g/mol. The first-order valence-corrected chi connectivity index (χ1v) is 16.4. The van der Waals surface area contributed by atoms with Gasteiger partial charge >= 0.3 is 0 Å². The van der Waals surface area contributed by atoms with Crippen LogP contribution < -0.4 is 9.80 Å². The normalized spacial score (nSPS) is 17.2. The maximum Gasteiger partial charge on any atom is 0.209 e. The minimum Gasteiger partial charge on any atom is -0.317 e. The fourth-order valence-corrected chi connectivity index (χ4v) is 8.69. The van der Waals surface area contributed by atoms with E-state index in [1.165, 1.54) is 68.7 Å². The van der Waals surface area contributed by atoms with Crippen LogP contribution in [-0.2, 0) is 18.5 Å². The fraction of sp³-hybridized carbons (Fsp3) is 0.231. The van der Waals surface area contributed by atoms with Gasteiger partial charge in [0, 0.05) is 62.3 Å². The molecule has 4 aromatic carbocycles. The van der Waals surface area contributed by atoms with Gasteiger partial charge in [0.1, 0.15) is 0 Å². The van der Waals surface area contributed by atoms with E-state index in [-0.39, 0.29) is 0 Å². The smallest absolute Gasteiger partial charge is 0.209 e. The summed E-state index contributed by atoms with van der Waals surface area (Å²) in [6, 6.07) is 32.5. The molecule has 45 heavy (non-hydrogen) atoms. The molecule has 2 aromatic heterocycles. The van der Waals surface area contributed by atoms with Crippen molar-refractivity contribution in [3.05, 3.63) is 132 Å². The molecule has 2 aliphatic carbocycles. The largest absolute Gasteiger partial charge is 0.317 e. The molecule has 0 saturated carbocycles. The molecule has 0 unspecified atom stereocenters. The maximum atomic E-state index is 4.83. The molecule has 4 aliphatic rings. The zero-order valence-electron chi connectivity index (χ0n) is 25.2. The van der Waals surface area contributed by atoms with E-state index in [1.807, 2.05) is 12.4 Å². The second-order valence-electron chi connectivity index (χ2n) is 12.9. The lowest BCUT2D eigenvalue weighted by atomic mass is 9.70. The third-order valence-corrected chi connectivity index (χ3v) is 10.6. The van der Waals surface area contributed by atoms with Crippen LogP contribution >= 0.6 is 0 Å². The third kappa shape index (κ3) is 3.40. The first-order valence-electron chi connectivity index (χ1n) is 16.4. The van der Waals surface area contributed by atoms with E-state index in [9.17, 15) is 0 Å². The summed E-state index contributed by atoms with van der Waals surface area (Å²) < 4.78 is 4.62. The highest BCUT2D eigenvalue weighted by Crippen LogP contribution is 2.63. The van der Waals surface area contributed by atoms with Gasteiger partial charge in [-0.25, -0.2) is 9.97 Å². The topological polar surface area (TPSA) is 42.1 Å². The van der Waals surface area contributed by atoms with Crippen molar-refractivity contribution in [3.63, 3.8) is 0 Å². The van der Waals surface area contributed by atoms with Gasteiger partial charge < -0.3 is 18.9 Å². The van der Waals surface area contributed by atoms with Gasteiger partial charge in [0.25, 0.3) is 0 Å². The second kappa shape index (κ2) is 9.45. The summed E-state index contributed by atoms with van der Waals surface area (Å²) >= 11 is 0. The number of nitrogens with zero attached hydrogens (tertiary/aromatic N) is 6. The van der Waals surface area contributed by atoms with Gasteiger partial charge in [-0.3, -0.25) is 0 Å². The van der Waals surface area contributed by atoms with Crippen molar-refractivity contribution in [1.29, 1.82) is 0 Å². The van der Waals surface area contributed by atoms with Crippen molar-refractivity contribution in [3.8, 4) is 22.3 Å². The molecule has 6 heteroatoms. The lowest BCUT2D eigenvalue weighted by Gasteiger charge is -2.32. The van der Waals surface area contributed by atoms with E-state index in [2.05, 4.69) is 116 Å². The Morgan fingerprint density at radius 2 is 0.911 bits per heavy atom. The average Bonchev–Trinajstić information content (AvgIpc) is 3.81. The molecule has 0 saturated heterocycles. The van der Waals surface area contributed by atoms with Gasteiger partial charge in [-0.05, 0) is 94.5 Å². The second-order valence-corrected chi connectivity index (χ2v) is 12.9. The van der Waals surface area contributed by atoms with Crippen LogP contribution in [0.2, 0.25) is 0 Å². The molecule has 4 heterocycles. The Hall–Kier alpha value is -5.10. The lowest BCUT2D eigenvalue weighted by Crippen LogP contribution is -2.27. The molecule has 220 valence electrons. The van der Waals surface area contributed by atoms with E-state index >= 15 is 0 Å². The summed E-state index contributed by atoms with van der Waals surface area (Å²) in [5.74, 6) is 2.09. The highest BCUT2D eigenvalue weighted by molar-refractivity contribution is 5.96. The highest BCUT2D eigenvalue weighted by Gasteiger charge is 2.52. The number of anilines is 4. The quantitative estimate of drug-likeness (QED) is 0.204. The van der Waals surface area contributed by atoms with Crippen LogP contribution in [0.3, 0.4) is 0 Å². The van der Waals surface area contributed by atoms with Gasteiger partial charge in [-0.15, -0.1) is 0 Å². The summed E-state index contributed by atoms with van der Waals surface area (Å²) in [4.78, 5) is 14.5. The Morgan fingerprint density at radius 1 is 0.467 bits per heavy atom. The molecule has 6 aromatic rings. The molecular weight excluding hydrogens is 552 g/mol. The zero-order chi connectivity index (χ0) is 29.5. The molecule has 2 aliphatic heterocycles. The summed E-state index contributed by atoms with van der Waals surface area (Å²) in [6.45, 7) is 3.97. The van der Waals surface area contributed by atoms with E-state index in [4.69, 9.17) is 9.97 Å². The summed E-state index contributed by atoms with van der Waals surface area (Å²) in [7, 11) is 0. The van der Waals surface area contributed by atoms with Crippen molar-refractivity contribution in [1.82, 2.24) is 19.1 Å². The van der Waals surface area contributed by atoms with Gasteiger partial charge in [0.15, 0.2) is 0 Å². The van der Waals surface area contributed by atoms with E-state index < -0.39 is 5.41 Å². The van der Waals surface area contributed by atoms with Crippen LogP contribution in [0.1, 0.15) is 47.9 Å². The molecule has 0 radical (unpaired) electrons. The zero-order valence-corrected chi connectivity index (χ0v) is 25.2. The number of imidazole rings is 2. The fourth-order valence-electron chi connectivity index (χ4n) is 8.69. The van der Waals surface area contributed by atoms with Crippen molar-refractivity contribution in [2.75, 3.05) is 22.9 Å². The molecule has 10 rings (SSSR count). The minimum atomic E-state index is -0.410. The van der Waals surface area contributed by atoms with Crippen LogP contribution in [0.25, 0.3) is 22.3 Å². The number of aromatic nitrogens is 4. The van der Waals surface area contributed by atoms with Gasteiger partial charge in [0.2, 0.25) is 11.9 Å². The third-order valence-electron chi connectivity index (χ3n) is 10.6. The SMILES string of the molecule is c1ccc2c(c1)-c1ccccc1C21c2cc(N3CCCCn4ccnc43)ccc2-c2ccc(N3CCCCn4ccnc43)cc21. The molecule has 1 spiro atoms. The number of aryl methyl sites for hydroxylation is 2. The summed E-state index contributed by atoms with van der Waals surface area (Å²) in [6.07, 6.45) is 12.7. The van der Waals surface area contributed by atoms with E-state index in [0.717, 1.165) is 50.9 Å². The Balaban J connectivity index is 1.24. The van der Waals surface area contributed by atoms with Gasteiger partial charge in [-0.2, -0.15) is 0 Å². The van der Waals surface area contributed by atoms with E-state index in [0.29, 0.717) is 0 Å². The summed E-state index contributed by atoms with van der Waals surface area (Å²) in [5, 5.41) is 0. The Bertz CT molecular complexity index is 1970. The Labute approximate surface area is 263 Å². The van der Waals surface area contributed by atoms with Crippen molar-refractivity contribution >= 4 is 23.3 Å².